The van der Waals surface area contributed by atoms with Gasteiger partial charge in [-0.25, -0.2) is 0 Å². The molecule has 5 heteroatoms. The molecule has 0 amide bonds. The quantitative estimate of drug-likeness (QED) is 0.930. The summed E-state index contributed by atoms with van der Waals surface area (Å²) in [5.74, 6) is 0. The average Bonchev–Trinajstić information content (AvgIpc) is 2.59. The Labute approximate surface area is 110 Å². The fourth-order valence-electron chi connectivity index (χ4n) is 2.38. The van der Waals surface area contributed by atoms with Gasteiger partial charge in [0.15, 0.2) is 0 Å². The third-order valence-corrected chi connectivity index (χ3v) is 4.25. The minimum Gasteiger partial charge on any atom is -0.384 e. The van der Waals surface area contributed by atoms with Crippen LogP contribution in [0.2, 0.25) is 0 Å². The normalized spacial score (nSPS) is 20.4. The van der Waals surface area contributed by atoms with Crippen molar-refractivity contribution < 1.29 is 9.84 Å². The van der Waals surface area contributed by atoms with E-state index in [0.29, 0.717) is 0 Å². The molecular formula is C12H19BrN2O2. The topological polar surface area (TPSA) is 47.3 Å². The van der Waals surface area contributed by atoms with Crippen LogP contribution in [0.5, 0.6) is 0 Å². The predicted molar refractivity (Wildman–Crippen MR) is 68.9 cm³/mol. The van der Waals surface area contributed by atoms with Crippen LogP contribution < -0.4 is 0 Å². The number of aromatic nitrogens is 2. The van der Waals surface area contributed by atoms with E-state index in [9.17, 15) is 5.11 Å². The number of halogens is 1. The molecule has 4 nitrogen and oxygen atoms in total. The molecule has 96 valence electrons. The molecule has 0 radical (unpaired) electrons. The van der Waals surface area contributed by atoms with Crippen molar-refractivity contribution in [3.63, 3.8) is 0 Å². The molecule has 1 unspecified atom stereocenters. The zero-order valence-corrected chi connectivity index (χ0v) is 12.1. The summed E-state index contributed by atoms with van der Waals surface area (Å²) in [6.07, 6.45) is 4.03. The number of methoxy groups -OCH3 is 1. The van der Waals surface area contributed by atoms with Crippen LogP contribution in [-0.2, 0) is 4.74 Å². The molecule has 1 aliphatic rings. The Balaban J connectivity index is 2.36. The van der Waals surface area contributed by atoms with Crippen LogP contribution in [0.3, 0.4) is 0 Å². The monoisotopic (exact) mass is 302 g/mol. The van der Waals surface area contributed by atoms with Crippen molar-refractivity contribution in [1.82, 2.24) is 9.78 Å². The van der Waals surface area contributed by atoms with E-state index >= 15 is 0 Å². The molecule has 0 aromatic carbocycles. The van der Waals surface area contributed by atoms with Crippen LogP contribution in [0.1, 0.15) is 50.9 Å². The third kappa shape index (κ3) is 2.04. The second-order valence-electron chi connectivity index (χ2n) is 4.94. The Morgan fingerprint density at radius 3 is 2.59 bits per heavy atom. The highest BCUT2D eigenvalue weighted by Gasteiger charge is 2.46. The van der Waals surface area contributed by atoms with Crippen LogP contribution in [0, 0.1) is 0 Å². The molecule has 1 saturated carbocycles. The van der Waals surface area contributed by atoms with Gasteiger partial charge in [0.1, 0.15) is 6.10 Å². The van der Waals surface area contributed by atoms with Crippen molar-refractivity contribution in [1.29, 1.82) is 0 Å². The smallest absolute Gasteiger partial charge is 0.126 e. The van der Waals surface area contributed by atoms with Gasteiger partial charge in [-0.1, -0.05) is 0 Å². The van der Waals surface area contributed by atoms with Crippen molar-refractivity contribution in [3.8, 4) is 0 Å². The summed E-state index contributed by atoms with van der Waals surface area (Å²) >= 11 is 3.46. The van der Waals surface area contributed by atoms with Gasteiger partial charge >= 0.3 is 0 Å². The number of nitrogens with zero attached hydrogens (tertiary/aromatic N) is 2. The zero-order valence-electron chi connectivity index (χ0n) is 10.5. The van der Waals surface area contributed by atoms with E-state index in [0.717, 1.165) is 29.4 Å². The van der Waals surface area contributed by atoms with Gasteiger partial charge in [-0.2, -0.15) is 5.10 Å². The molecule has 1 heterocycles. The van der Waals surface area contributed by atoms with Crippen LogP contribution in [-0.4, -0.2) is 27.6 Å². The zero-order chi connectivity index (χ0) is 12.6. The number of aliphatic hydroxyl groups is 1. The fraction of sp³-hybridized carbons (Fsp3) is 0.750. The summed E-state index contributed by atoms with van der Waals surface area (Å²) < 4.78 is 8.24. The minimum absolute atomic E-state index is 0.222. The summed E-state index contributed by atoms with van der Waals surface area (Å²) in [6.45, 7) is 4.10. The first-order valence-electron chi connectivity index (χ1n) is 5.98. The molecule has 1 N–H and O–H groups in total. The van der Waals surface area contributed by atoms with Crippen molar-refractivity contribution in [2.75, 3.05) is 7.11 Å². The molecule has 1 aliphatic carbocycles. The first-order chi connectivity index (χ1) is 8.02. The Kier molecular flexibility index (Phi) is 3.61. The lowest BCUT2D eigenvalue weighted by Gasteiger charge is -2.44. The van der Waals surface area contributed by atoms with Crippen LogP contribution >= 0.6 is 15.9 Å². The maximum atomic E-state index is 10.6. The second-order valence-corrected chi connectivity index (χ2v) is 5.80. The van der Waals surface area contributed by atoms with Gasteiger partial charge in [-0.3, -0.25) is 4.68 Å². The molecule has 0 saturated heterocycles. The molecule has 0 aliphatic heterocycles. The lowest BCUT2D eigenvalue weighted by atomic mass is 9.74. The van der Waals surface area contributed by atoms with Crippen LogP contribution in [0.25, 0.3) is 0 Å². The first-order valence-corrected chi connectivity index (χ1v) is 6.77. The Bertz CT molecular complexity index is 394. The van der Waals surface area contributed by atoms with E-state index in [2.05, 4.69) is 34.9 Å². The van der Waals surface area contributed by atoms with E-state index in [1.165, 1.54) is 0 Å². The highest BCUT2D eigenvalue weighted by atomic mass is 79.9. The summed E-state index contributed by atoms with van der Waals surface area (Å²) in [5, 5.41) is 14.9. The number of rotatable bonds is 4. The highest BCUT2D eigenvalue weighted by molar-refractivity contribution is 9.10. The molecule has 17 heavy (non-hydrogen) atoms. The van der Waals surface area contributed by atoms with Gasteiger partial charge < -0.3 is 9.84 Å². The first kappa shape index (κ1) is 13.1. The number of aliphatic hydroxyl groups excluding tert-OH is 1. The Morgan fingerprint density at radius 1 is 1.53 bits per heavy atom. The lowest BCUT2D eigenvalue weighted by Crippen LogP contribution is -2.45. The average molecular weight is 303 g/mol. The van der Waals surface area contributed by atoms with Crippen molar-refractivity contribution in [2.45, 2.75) is 50.9 Å². The van der Waals surface area contributed by atoms with E-state index < -0.39 is 11.7 Å². The minimum atomic E-state index is -0.625. The van der Waals surface area contributed by atoms with Crippen LogP contribution in [0.15, 0.2) is 10.7 Å². The Hall–Kier alpha value is -0.390. The fourth-order valence-corrected chi connectivity index (χ4v) is 2.87. The van der Waals surface area contributed by atoms with Crippen molar-refractivity contribution in [2.24, 2.45) is 0 Å². The van der Waals surface area contributed by atoms with Crippen LogP contribution in [0.4, 0.5) is 0 Å². The summed E-state index contributed by atoms with van der Waals surface area (Å²) in [4.78, 5) is 0. The summed E-state index contributed by atoms with van der Waals surface area (Å²) in [6, 6.07) is 0.222. The molecule has 1 aromatic rings. The SMILES string of the molecule is COC1(C(O)c2c(Br)cnn2C(C)C)CCC1. The molecule has 0 bridgehead atoms. The largest absolute Gasteiger partial charge is 0.384 e. The second kappa shape index (κ2) is 4.71. The summed E-state index contributed by atoms with van der Waals surface area (Å²) in [7, 11) is 1.67. The highest BCUT2D eigenvalue weighted by Crippen LogP contribution is 2.46. The van der Waals surface area contributed by atoms with Crippen molar-refractivity contribution in [3.05, 3.63) is 16.4 Å². The van der Waals surface area contributed by atoms with E-state index in [1.807, 2.05) is 4.68 Å². The predicted octanol–water partition coefficient (Wildman–Crippen LogP) is 2.83. The molecule has 2 rings (SSSR count). The molecule has 1 fully saturated rings. The molecular weight excluding hydrogens is 284 g/mol. The lowest BCUT2D eigenvalue weighted by molar-refractivity contribution is -0.154. The van der Waals surface area contributed by atoms with Gasteiger partial charge in [-0.05, 0) is 49.0 Å². The maximum Gasteiger partial charge on any atom is 0.126 e. The van der Waals surface area contributed by atoms with Gasteiger partial charge in [0.2, 0.25) is 0 Å². The van der Waals surface area contributed by atoms with Gasteiger partial charge in [-0.15, -0.1) is 0 Å². The van der Waals surface area contributed by atoms with E-state index in [-0.39, 0.29) is 6.04 Å². The standard InChI is InChI=1S/C12H19BrN2O2/c1-8(2)15-10(9(13)7-14-15)11(16)12(17-3)5-4-6-12/h7-8,11,16H,4-6H2,1-3H3. The van der Waals surface area contributed by atoms with Crippen molar-refractivity contribution >= 4 is 15.9 Å². The number of hydrogen-bond acceptors (Lipinski definition) is 3. The number of ether oxygens (including phenoxy) is 1. The van der Waals surface area contributed by atoms with Gasteiger partial charge in [0, 0.05) is 13.2 Å². The number of hydrogen-bond donors (Lipinski definition) is 1. The molecule has 1 atom stereocenters. The third-order valence-electron chi connectivity index (χ3n) is 3.64. The van der Waals surface area contributed by atoms with Gasteiger partial charge in [0.05, 0.1) is 22.0 Å². The molecule has 0 spiro atoms. The molecule has 1 aromatic heterocycles. The summed E-state index contributed by atoms with van der Waals surface area (Å²) in [5.41, 5.74) is 0.399. The van der Waals surface area contributed by atoms with E-state index in [4.69, 9.17) is 4.74 Å². The van der Waals surface area contributed by atoms with E-state index in [1.54, 1.807) is 13.3 Å². The van der Waals surface area contributed by atoms with Gasteiger partial charge in [0.25, 0.3) is 0 Å². The Morgan fingerprint density at radius 2 is 2.18 bits per heavy atom. The maximum absolute atomic E-state index is 10.6.